The Kier molecular flexibility index (Phi) is 4.68. The SMILES string of the molecule is O=C(CSc1ccccc1)Cc1ccc(F)cc1F. The number of thioether (sulfide) groups is 1. The van der Waals surface area contributed by atoms with Crippen molar-refractivity contribution in [3.05, 3.63) is 65.7 Å². The maximum absolute atomic E-state index is 13.4. The van der Waals surface area contributed by atoms with Gasteiger partial charge in [-0.25, -0.2) is 8.78 Å². The molecule has 2 aromatic carbocycles. The van der Waals surface area contributed by atoms with E-state index < -0.39 is 11.6 Å². The summed E-state index contributed by atoms with van der Waals surface area (Å²) in [6.45, 7) is 0. The zero-order valence-corrected chi connectivity index (χ0v) is 10.9. The maximum Gasteiger partial charge on any atom is 0.147 e. The fraction of sp³-hybridized carbons (Fsp3) is 0.133. The van der Waals surface area contributed by atoms with Crippen LogP contribution in [0.5, 0.6) is 0 Å². The average Bonchev–Trinajstić information content (AvgIpc) is 2.41. The van der Waals surface area contributed by atoms with Crippen LogP contribution in [0.2, 0.25) is 0 Å². The van der Waals surface area contributed by atoms with Gasteiger partial charge in [-0.2, -0.15) is 0 Å². The summed E-state index contributed by atoms with van der Waals surface area (Å²) in [5, 5.41) is 0. The Labute approximate surface area is 114 Å². The van der Waals surface area contributed by atoms with Crippen molar-refractivity contribution in [3.8, 4) is 0 Å². The minimum absolute atomic E-state index is 0.00799. The molecule has 2 aromatic rings. The van der Waals surface area contributed by atoms with E-state index >= 15 is 0 Å². The van der Waals surface area contributed by atoms with Gasteiger partial charge >= 0.3 is 0 Å². The van der Waals surface area contributed by atoms with Gasteiger partial charge in [-0.05, 0) is 23.8 Å². The highest BCUT2D eigenvalue weighted by Crippen LogP contribution is 2.18. The first-order chi connectivity index (χ1) is 9.15. The molecule has 0 bridgehead atoms. The summed E-state index contributed by atoms with van der Waals surface area (Å²) in [5.74, 6) is -1.11. The van der Waals surface area contributed by atoms with E-state index in [1.807, 2.05) is 30.3 Å². The van der Waals surface area contributed by atoms with Crippen LogP contribution in [-0.2, 0) is 11.2 Å². The van der Waals surface area contributed by atoms with Crippen LogP contribution in [0.4, 0.5) is 8.78 Å². The fourth-order valence-electron chi connectivity index (χ4n) is 1.61. The van der Waals surface area contributed by atoms with Crippen molar-refractivity contribution < 1.29 is 13.6 Å². The Balaban J connectivity index is 1.91. The van der Waals surface area contributed by atoms with E-state index in [0.717, 1.165) is 17.0 Å². The zero-order chi connectivity index (χ0) is 13.7. The van der Waals surface area contributed by atoms with Gasteiger partial charge in [-0.1, -0.05) is 24.3 Å². The molecule has 0 atom stereocenters. The lowest BCUT2D eigenvalue weighted by Crippen LogP contribution is -2.07. The molecule has 0 unspecified atom stereocenters. The molecular weight excluding hydrogens is 266 g/mol. The second-order valence-corrected chi connectivity index (χ2v) is 5.10. The van der Waals surface area contributed by atoms with Crippen molar-refractivity contribution in [1.29, 1.82) is 0 Å². The summed E-state index contributed by atoms with van der Waals surface area (Å²) in [6.07, 6.45) is -0.00799. The highest BCUT2D eigenvalue weighted by atomic mass is 32.2. The second kappa shape index (κ2) is 6.48. The Bertz CT molecular complexity index is 570. The smallest absolute Gasteiger partial charge is 0.147 e. The quantitative estimate of drug-likeness (QED) is 0.772. The largest absolute Gasteiger partial charge is 0.298 e. The summed E-state index contributed by atoms with van der Waals surface area (Å²) in [6, 6.07) is 12.8. The van der Waals surface area contributed by atoms with Crippen molar-refractivity contribution in [2.75, 3.05) is 5.75 Å². The highest BCUT2D eigenvalue weighted by molar-refractivity contribution is 8.00. The van der Waals surface area contributed by atoms with Crippen LogP contribution in [0.1, 0.15) is 5.56 Å². The van der Waals surface area contributed by atoms with Gasteiger partial charge in [0.15, 0.2) is 0 Å². The van der Waals surface area contributed by atoms with Gasteiger partial charge < -0.3 is 0 Å². The molecule has 0 spiro atoms. The van der Waals surface area contributed by atoms with E-state index in [2.05, 4.69) is 0 Å². The first-order valence-corrected chi connectivity index (χ1v) is 6.77. The van der Waals surface area contributed by atoms with Crippen LogP contribution in [-0.4, -0.2) is 11.5 Å². The van der Waals surface area contributed by atoms with Crippen LogP contribution in [0, 0.1) is 11.6 Å². The lowest BCUT2D eigenvalue weighted by atomic mass is 10.1. The normalized spacial score (nSPS) is 10.4. The molecule has 0 aliphatic carbocycles. The number of ketones is 1. The molecule has 0 heterocycles. The molecule has 0 fully saturated rings. The Morgan fingerprint density at radius 1 is 1.05 bits per heavy atom. The monoisotopic (exact) mass is 278 g/mol. The number of benzene rings is 2. The number of rotatable bonds is 5. The molecule has 0 radical (unpaired) electrons. The summed E-state index contributed by atoms with van der Waals surface area (Å²) in [5.41, 5.74) is 0.236. The minimum atomic E-state index is -0.668. The Morgan fingerprint density at radius 2 is 1.79 bits per heavy atom. The van der Waals surface area contributed by atoms with E-state index in [-0.39, 0.29) is 23.5 Å². The summed E-state index contributed by atoms with van der Waals surface area (Å²) < 4.78 is 26.1. The molecule has 0 saturated heterocycles. The van der Waals surface area contributed by atoms with E-state index in [9.17, 15) is 13.6 Å². The van der Waals surface area contributed by atoms with Gasteiger partial charge in [0.1, 0.15) is 17.4 Å². The molecule has 4 heteroatoms. The van der Waals surface area contributed by atoms with Crippen molar-refractivity contribution in [2.24, 2.45) is 0 Å². The van der Waals surface area contributed by atoms with Gasteiger partial charge in [-0.3, -0.25) is 4.79 Å². The lowest BCUT2D eigenvalue weighted by Gasteiger charge is -2.03. The van der Waals surface area contributed by atoms with E-state index in [1.54, 1.807) is 0 Å². The summed E-state index contributed by atoms with van der Waals surface area (Å²) in [4.78, 5) is 12.7. The summed E-state index contributed by atoms with van der Waals surface area (Å²) in [7, 11) is 0. The maximum atomic E-state index is 13.4. The lowest BCUT2D eigenvalue weighted by molar-refractivity contribution is -0.116. The third-order valence-corrected chi connectivity index (χ3v) is 3.62. The van der Waals surface area contributed by atoms with E-state index in [1.165, 1.54) is 17.8 Å². The topological polar surface area (TPSA) is 17.1 Å². The Morgan fingerprint density at radius 3 is 2.47 bits per heavy atom. The van der Waals surface area contributed by atoms with E-state index in [0.29, 0.717) is 0 Å². The molecule has 0 amide bonds. The molecule has 0 N–H and O–H groups in total. The third kappa shape index (κ3) is 4.17. The van der Waals surface area contributed by atoms with Crippen LogP contribution < -0.4 is 0 Å². The molecule has 19 heavy (non-hydrogen) atoms. The standard InChI is InChI=1S/C15H12F2OS/c16-12-7-6-11(15(17)9-12)8-13(18)10-19-14-4-2-1-3-5-14/h1-7,9H,8,10H2. The van der Waals surface area contributed by atoms with E-state index in [4.69, 9.17) is 0 Å². The summed E-state index contributed by atoms with van der Waals surface area (Å²) >= 11 is 1.41. The minimum Gasteiger partial charge on any atom is -0.298 e. The van der Waals surface area contributed by atoms with Crippen molar-refractivity contribution in [2.45, 2.75) is 11.3 Å². The molecule has 2 rings (SSSR count). The predicted octanol–water partition coefficient (Wildman–Crippen LogP) is 3.87. The number of hydrogen-bond donors (Lipinski definition) is 0. The molecule has 0 aliphatic heterocycles. The first-order valence-electron chi connectivity index (χ1n) is 5.78. The van der Waals surface area contributed by atoms with Crippen LogP contribution >= 0.6 is 11.8 Å². The first kappa shape index (κ1) is 13.7. The number of carbonyl (C=O) groups is 1. The van der Waals surface area contributed by atoms with Gasteiger partial charge in [0.2, 0.25) is 0 Å². The molecule has 98 valence electrons. The fourth-order valence-corrected chi connectivity index (χ4v) is 2.39. The van der Waals surface area contributed by atoms with Gasteiger partial charge in [-0.15, -0.1) is 11.8 Å². The number of carbonyl (C=O) groups excluding carboxylic acids is 1. The number of hydrogen-bond acceptors (Lipinski definition) is 2. The molecule has 0 aromatic heterocycles. The molecule has 0 aliphatic rings. The van der Waals surface area contributed by atoms with Crippen molar-refractivity contribution in [1.82, 2.24) is 0 Å². The molecular formula is C15H12F2OS. The third-order valence-electron chi connectivity index (χ3n) is 2.55. The van der Waals surface area contributed by atoms with Gasteiger partial charge in [0.25, 0.3) is 0 Å². The average molecular weight is 278 g/mol. The van der Waals surface area contributed by atoms with Crippen LogP contribution in [0.3, 0.4) is 0 Å². The highest BCUT2D eigenvalue weighted by Gasteiger charge is 2.09. The van der Waals surface area contributed by atoms with Crippen LogP contribution in [0.15, 0.2) is 53.4 Å². The Hall–Kier alpha value is -1.68. The van der Waals surface area contributed by atoms with Gasteiger partial charge in [0, 0.05) is 17.4 Å². The van der Waals surface area contributed by atoms with Crippen molar-refractivity contribution in [3.63, 3.8) is 0 Å². The van der Waals surface area contributed by atoms with Crippen molar-refractivity contribution >= 4 is 17.5 Å². The molecule has 0 saturated carbocycles. The molecule has 1 nitrogen and oxygen atoms in total. The number of Topliss-reactive ketones (excluding diaryl/α,β-unsaturated/α-hetero) is 1. The number of halogens is 2. The van der Waals surface area contributed by atoms with Gasteiger partial charge in [0.05, 0.1) is 5.75 Å². The predicted molar refractivity (Wildman–Crippen MR) is 72.2 cm³/mol. The second-order valence-electron chi connectivity index (χ2n) is 4.05. The zero-order valence-electron chi connectivity index (χ0n) is 10.1. The van der Waals surface area contributed by atoms with Crippen LogP contribution in [0.25, 0.3) is 0 Å².